The first-order valence-corrected chi connectivity index (χ1v) is 6.68. The van der Waals surface area contributed by atoms with Crippen LogP contribution >= 0.6 is 0 Å². The molecule has 1 aromatic rings. The average molecular weight is 225 g/mol. The van der Waals surface area contributed by atoms with Crippen LogP contribution in [-0.2, 0) is 10.9 Å². The van der Waals surface area contributed by atoms with Crippen molar-refractivity contribution in [3.63, 3.8) is 0 Å². The third-order valence-corrected chi connectivity index (χ3v) is 6.08. The molecule has 15 heavy (non-hydrogen) atoms. The van der Waals surface area contributed by atoms with Gasteiger partial charge in [0.05, 0.1) is 0 Å². The molecule has 2 rings (SSSR count). The van der Waals surface area contributed by atoms with Gasteiger partial charge in [0.1, 0.15) is 16.2 Å². The van der Waals surface area contributed by atoms with Gasteiger partial charge in [-0.05, 0) is 38.8 Å². The van der Waals surface area contributed by atoms with Crippen molar-refractivity contribution >= 4 is 10.9 Å². The van der Waals surface area contributed by atoms with E-state index in [9.17, 15) is 10.2 Å². The zero-order valence-corrected chi connectivity index (χ0v) is 9.92. The lowest BCUT2D eigenvalue weighted by Gasteiger charge is -2.11. The van der Waals surface area contributed by atoms with Crippen molar-refractivity contribution in [1.82, 2.24) is 0 Å². The normalized spacial score (nSPS) is 30.7. The summed E-state index contributed by atoms with van der Waals surface area (Å²) in [6.45, 7) is 4.46. The zero-order chi connectivity index (χ0) is 11.0. The Bertz CT molecular complexity index is 355. The molecule has 0 radical (unpaired) electrons. The Morgan fingerprint density at radius 2 is 1.73 bits per heavy atom. The minimum Gasteiger partial charge on any atom is -0.508 e. The highest BCUT2D eigenvalue weighted by Gasteiger charge is 2.43. The molecule has 1 aliphatic heterocycles. The molecule has 1 aromatic carbocycles. The summed E-state index contributed by atoms with van der Waals surface area (Å²) in [5, 5.41) is 20.5. The molecule has 1 saturated heterocycles. The van der Waals surface area contributed by atoms with Gasteiger partial charge in [-0.3, -0.25) is 0 Å². The van der Waals surface area contributed by atoms with Crippen molar-refractivity contribution in [3.05, 3.63) is 18.2 Å². The van der Waals surface area contributed by atoms with Crippen molar-refractivity contribution in [3.8, 4) is 11.5 Å². The highest BCUT2D eigenvalue weighted by atomic mass is 32.2. The van der Waals surface area contributed by atoms with E-state index in [1.165, 1.54) is 18.9 Å². The summed E-state index contributed by atoms with van der Waals surface area (Å²) in [6, 6.07) is 4.85. The molecule has 0 amide bonds. The van der Waals surface area contributed by atoms with Crippen molar-refractivity contribution in [2.75, 3.05) is 0 Å². The second kappa shape index (κ2) is 3.97. The molecule has 1 aliphatic rings. The summed E-state index contributed by atoms with van der Waals surface area (Å²) in [6.07, 6.45) is 2.44. The van der Waals surface area contributed by atoms with Crippen LogP contribution in [0.1, 0.15) is 26.7 Å². The van der Waals surface area contributed by atoms with Gasteiger partial charge >= 0.3 is 0 Å². The molecule has 0 aliphatic carbocycles. The smallest absolute Gasteiger partial charge is 0.200 e. The molecule has 3 heteroatoms. The number of rotatable bonds is 1. The van der Waals surface area contributed by atoms with Crippen LogP contribution in [0.25, 0.3) is 0 Å². The molecule has 82 valence electrons. The molecular formula is C12H17O2S+. The van der Waals surface area contributed by atoms with Crippen LogP contribution in [0.5, 0.6) is 11.5 Å². The lowest BCUT2D eigenvalue weighted by Crippen LogP contribution is -2.19. The highest BCUT2D eigenvalue weighted by Crippen LogP contribution is 2.40. The number of hydrogen-bond acceptors (Lipinski definition) is 2. The van der Waals surface area contributed by atoms with Gasteiger partial charge in [0.2, 0.25) is 4.90 Å². The van der Waals surface area contributed by atoms with Crippen LogP contribution in [0.15, 0.2) is 23.1 Å². The number of hydrogen-bond donors (Lipinski definition) is 2. The van der Waals surface area contributed by atoms with E-state index in [0.717, 1.165) is 4.90 Å². The Morgan fingerprint density at radius 1 is 1.13 bits per heavy atom. The summed E-state index contributed by atoms with van der Waals surface area (Å²) in [5.74, 6) is 0.582. The summed E-state index contributed by atoms with van der Waals surface area (Å²) >= 11 is 0. The molecular weight excluding hydrogens is 208 g/mol. The maximum Gasteiger partial charge on any atom is 0.200 e. The van der Waals surface area contributed by atoms with Crippen LogP contribution in [0.3, 0.4) is 0 Å². The Hall–Kier alpha value is -0.830. The van der Waals surface area contributed by atoms with Crippen molar-refractivity contribution in [1.29, 1.82) is 0 Å². The molecule has 2 N–H and O–H groups in total. The Morgan fingerprint density at radius 3 is 2.33 bits per heavy atom. The summed E-state index contributed by atoms with van der Waals surface area (Å²) in [4.78, 5) is 0.938. The van der Waals surface area contributed by atoms with E-state index in [4.69, 9.17) is 0 Å². The van der Waals surface area contributed by atoms with Crippen LogP contribution in [0.4, 0.5) is 0 Å². The van der Waals surface area contributed by atoms with Crippen molar-refractivity contribution in [2.45, 2.75) is 42.1 Å². The fraction of sp³-hybridized carbons (Fsp3) is 0.500. The lowest BCUT2D eigenvalue weighted by molar-refractivity contribution is 0.448. The number of phenolic OH excluding ortho intramolecular Hbond substituents is 2. The third kappa shape index (κ3) is 1.93. The SMILES string of the molecule is C[C@@H]1CC[C@H](C)[S+]1c1cc(O)ccc1O. The quantitative estimate of drug-likeness (QED) is 0.570. The predicted octanol–water partition coefficient (Wildman–Crippen LogP) is 2.65. The Labute approximate surface area is 93.3 Å². The van der Waals surface area contributed by atoms with E-state index in [0.29, 0.717) is 16.2 Å². The van der Waals surface area contributed by atoms with Crippen LogP contribution in [0.2, 0.25) is 0 Å². The van der Waals surface area contributed by atoms with E-state index < -0.39 is 0 Å². The van der Waals surface area contributed by atoms with Gasteiger partial charge < -0.3 is 10.2 Å². The Balaban J connectivity index is 2.39. The standard InChI is InChI=1S/C12H16O2S/c1-8-3-4-9(2)15(8)12-7-10(13)5-6-11(12)14/h5-9H,3-4H2,1-2H3,(H-,13,14)/p+1/t8-,9+,15?. The first-order chi connectivity index (χ1) is 7.09. The molecule has 1 heterocycles. The van der Waals surface area contributed by atoms with Crippen molar-refractivity contribution in [2.24, 2.45) is 0 Å². The molecule has 1 unspecified atom stereocenters. The lowest BCUT2D eigenvalue weighted by atomic mass is 10.2. The molecule has 2 nitrogen and oxygen atoms in total. The van der Waals surface area contributed by atoms with Crippen molar-refractivity contribution < 1.29 is 10.2 Å². The highest BCUT2D eigenvalue weighted by molar-refractivity contribution is 7.98. The van der Waals surface area contributed by atoms with E-state index in [1.54, 1.807) is 12.1 Å². The number of phenols is 2. The van der Waals surface area contributed by atoms with Gasteiger partial charge in [-0.15, -0.1) is 0 Å². The maximum atomic E-state index is 9.83. The molecule has 0 bridgehead atoms. The van der Waals surface area contributed by atoms with E-state index in [2.05, 4.69) is 13.8 Å². The second-order valence-corrected chi connectivity index (χ2v) is 7.02. The van der Waals surface area contributed by atoms with Crippen LogP contribution in [0, 0.1) is 0 Å². The fourth-order valence-electron chi connectivity index (χ4n) is 2.25. The van der Waals surface area contributed by atoms with Crippen LogP contribution < -0.4 is 0 Å². The summed E-state index contributed by atoms with van der Waals surface area (Å²) in [5.41, 5.74) is 0. The van der Waals surface area contributed by atoms with Gasteiger partial charge in [-0.2, -0.15) is 0 Å². The van der Waals surface area contributed by atoms with Gasteiger partial charge in [0.25, 0.3) is 0 Å². The van der Waals surface area contributed by atoms with Crippen LogP contribution in [-0.4, -0.2) is 20.7 Å². The minimum atomic E-state index is 0.0880. The Kier molecular flexibility index (Phi) is 2.83. The molecule has 0 saturated carbocycles. The van der Waals surface area contributed by atoms with Gasteiger partial charge in [-0.1, -0.05) is 0 Å². The number of aromatic hydroxyl groups is 2. The molecule has 3 atom stereocenters. The van der Waals surface area contributed by atoms with Gasteiger partial charge in [0.15, 0.2) is 5.75 Å². The zero-order valence-electron chi connectivity index (χ0n) is 9.10. The molecule has 1 fully saturated rings. The van der Waals surface area contributed by atoms with E-state index >= 15 is 0 Å². The molecule has 0 aromatic heterocycles. The first-order valence-electron chi connectivity index (χ1n) is 5.33. The minimum absolute atomic E-state index is 0.0880. The first kappa shape index (κ1) is 10.7. The average Bonchev–Trinajstić information content (AvgIpc) is 2.51. The topological polar surface area (TPSA) is 40.5 Å². The number of benzene rings is 1. The van der Waals surface area contributed by atoms with E-state index in [-0.39, 0.29) is 16.6 Å². The fourth-order valence-corrected chi connectivity index (χ4v) is 5.25. The van der Waals surface area contributed by atoms with E-state index in [1.807, 2.05) is 0 Å². The monoisotopic (exact) mass is 225 g/mol. The summed E-state index contributed by atoms with van der Waals surface area (Å²) in [7, 11) is 0.0880. The predicted molar refractivity (Wildman–Crippen MR) is 63.6 cm³/mol. The summed E-state index contributed by atoms with van der Waals surface area (Å²) < 4.78 is 0. The molecule has 0 spiro atoms. The van der Waals surface area contributed by atoms with Gasteiger partial charge in [-0.25, -0.2) is 0 Å². The maximum absolute atomic E-state index is 9.83. The third-order valence-electron chi connectivity index (χ3n) is 3.04. The largest absolute Gasteiger partial charge is 0.508 e. The van der Waals surface area contributed by atoms with Gasteiger partial charge in [0, 0.05) is 17.0 Å². The second-order valence-electron chi connectivity index (χ2n) is 4.22.